The number of carbonyl (C=O) groups is 3. The maximum absolute atomic E-state index is 12.8. The maximum atomic E-state index is 12.8. The lowest BCUT2D eigenvalue weighted by atomic mass is 10.1. The minimum absolute atomic E-state index is 0.112. The molecule has 0 rings (SSSR count). The number of rotatable bonds is 48. The highest BCUT2D eigenvalue weighted by Crippen LogP contribution is 2.13. The number of hydrogen-bond acceptors (Lipinski definition) is 6. The molecule has 0 N–H and O–H groups in total. The van der Waals surface area contributed by atoms with Gasteiger partial charge in [-0.15, -0.1) is 0 Å². The van der Waals surface area contributed by atoms with Crippen molar-refractivity contribution in [3.05, 3.63) is 97.2 Å². The van der Waals surface area contributed by atoms with E-state index in [1.54, 1.807) is 0 Å². The van der Waals surface area contributed by atoms with Crippen LogP contribution in [0.15, 0.2) is 97.2 Å². The lowest BCUT2D eigenvalue weighted by molar-refractivity contribution is -0.167. The summed E-state index contributed by atoms with van der Waals surface area (Å²) in [5, 5.41) is 0. The SMILES string of the molecule is CCCCC/C=C\C=C/CCCCCCCCC(=O)OCC(COC(=O)CCC/C=C\C/C=C\C/C=C\C/C=C\CCCCC)OC(=O)CCCCC/C=C\C=C/CCCCCCCCC. The van der Waals surface area contributed by atoms with Crippen LogP contribution < -0.4 is 0 Å². The van der Waals surface area contributed by atoms with Crippen LogP contribution in [0.25, 0.3) is 0 Å². The van der Waals surface area contributed by atoms with Crippen LogP contribution >= 0.6 is 0 Å². The summed E-state index contributed by atoms with van der Waals surface area (Å²) in [6, 6.07) is 0. The van der Waals surface area contributed by atoms with Gasteiger partial charge in [0.15, 0.2) is 6.10 Å². The maximum Gasteiger partial charge on any atom is 0.306 e. The largest absolute Gasteiger partial charge is 0.462 e. The van der Waals surface area contributed by atoms with Crippen molar-refractivity contribution in [3.8, 4) is 0 Å². The number of ether oxygens (including phenoxy) is 3. The lowest BCUT2D eigenvalue weighted by Gasteiger charge is -2.18. The van der Waals surface area contributed by atoms with Crippen LogP contribution in [0.5, 0.6) is 0 Å². The van der Waals surface area contributed by atoms with Gasteiger partial charge in [0.25, 0.3) is 0 Å². The highest BCUT2D eigenvalue weighted by Gasteiger charge is 2.19. The Morgan fingerprint density at radius 3 is 1.05 bits per heavy atom. The molecule has 0 spiro atoms. The van der Waals surface area contributed by atoms with Gasteiger partial charge in [0.05, 0.1) is 0 Å². The molecule has 0 aliphatic heterocycles. The van der Waals surface area contributed by atoms with E-state index >= 15 is 0 Å². The Labute approximate surface area is 407 Å². The predicted molar refractivity (Wildman–Crippen MR) is 284 cm³/mol. The fraction of sp³-hybridized carbons (Fsp3) is 0.683. The second kappa shape index (κ2) is 53.9. The zero-order valence-corrected chi connectivity index (χ0v) is 42.9. The molecular weight excluding hydrogens is 817 g/mol. The number of allylic oxidation sites excluding steroid dienone is 16. The van der Waals surface area contributed by atoms with E-state index in [2.05, 4.69) is 118 Å². The molecule has 0 heterocycles. The van der Waals surface area contributed by atoms with E-state index in [0.29, 0.717) is 12.8 Å². The van der Waals surface area contributed by atoms with Crippen LogP contribution in [0, 0.1) is 0 Å². The van der Waals surface area contributed by atoms with Crippen molar-refractivity contribution in [3.63, 3.8) is 0 Å². The van der Waals surface area contributed by atoms with Crippen molar-refractivity contribution < 1.29 is 28.6 Å². The van der Waals surface area contributed by atoms with Crippen molar-refractivity contribution in [2.45, 2.75) is 252 Å². The van der Waals surface area contributed by atoms with Gasteiger partial charge in [-0.05, 0) is 109 Å². The predicted octanol–water partition coefficient (Wildman–Crippen LogP) is 18.1. The van der Waals surface area contributed by atoms with E-state index in [-0.39, 0.29) is 44.0 Å². The molecule has 6 heteroatoms. The van der Waals surface area contributed by atoms with Gasteiger partial charge in [-0.25, -0.2) is 0 Å². The first kappa shape index (κ1) is 62.3. The van der Waals surface area contributed by atoms with Crippen LogP contribution in [0.2, 0.25) is 0 Å². The Bertz CT molecular complexity index is 1330. The highest BCUT2D eigenvalue weighted by molar-refractivity contribution is 5.71. The van der Waals surface area contributed by atoms with E-state index in [1.807, 2.05) is 0 Å². The smallest absolute Gasteiger partial charge is 0.306 e. The fourth-order valence-corrected chi connectivity index (χ4v) is 7.18. The molecule has 0 aliphatic carbocycles. The third-order valence-electron chi connectivity index (χ3n) is 11.3. The summed E-state index contributed by atoms with van der Waals surface area (Å²) in [4.78, 5) is 38.0. The summed E-state index contributed by atoms with van der Waals surface area (Å²) in [6.07, 6.45) is 71.1. The molecule has 0 aromatic heterocycles. The minimum Gasteiger partial charge on any atom is -0.462 e. The summed E-state index contributed by atoms with van der Waals surface area (Å²) < 4.78 is 16.7. The molecule has 1 unspecified atom stereocenters. The van der Waals surface area contributed by atoms with Gasteiger partial charge >= 0.3 is 17.9 Å². The summed E-state index contributed by atoms with van der Waals surface area (Å²) in [7, 11) is 0. The molecule has 0 radical (unpaired) electrons. The van der Waals surface area contributed by atoms with Gasteiger partial charge < -0.3 is 14.2 Å². The van der Waals surface area contributed by atoms with Gasteiger partial charge in [0, 0.05) is 19.3 Å². The topological polar surface area (TPSA) is 78.9 Å². The zero-order valence-electron chi connectivity index (χ0n) is 42.9. The quantitative estimate of drug-likeness (QED) is 0.0199. The molecule has 0 aromatic carbocycles. The Hall–Kier alpha value is -3.67. The van der Waals surface area contributed by atoms with E-state index in [0.717, 1.165) is 89.9 Å². The first-order valence-corrected chi connectivity index (χ1v) is 27.3. The molecule has 1 atom stereocenters. The van der Waals surface area contributed by atoms with Gasteiger partial charge in [-0.3, -0.25) is 14.4 Å². The molecule has 0 bridgehead atoms. The van der Waals surface area contributed by atoms with Crippen molar-refractivity contribution in [1.82, 2.24) is 0 Å². The standard InChI is InChI=1S/C60H100O6/c1-4-7-10-13-16-19-22-25-28-30-33-35-38-41-44-47-50-53-59(62)65-56-57(55-64-58(61)52-49-46-43-40-37-34-31-27-24-21-18-15-12-9-6-3)66-60(63)54-51-48-45-42-39-36-32-29-26-23-20-17-14-11-8-5-2/h16,18-19,21,24-25,27-29,32-33,35-36,39,41,44,57H,4-15,17,20,22-23,26,30-31,34,37-38,40,42-43,45-56H2,1-3H3/b19-16-,21-18-,27-24-,28-25-,32-29-,35-33-,39-36-,44-41-. The Morgan fingerprint density at radius 1 is 0.318 bits per heavy atom. The van der Waals surface area contributed by atoms with Crippen molar-refractivity contribution >= 4 is 17.9 Å². The monoisotopic (exact) mass is 917 g/mol. The molecule has 66 heavy (non-hydrogen) atoms. The molecule has 6 nitrogen and oxygen atoms in total. The number of unbranched alkanes of at least 4 members (excludes halogenated alkanes) is 23. The fourth-order valence-electron chi connectivity index (χ4n) is 7.18. The third-order valence-corrected chi connectivity index (χ3v) is 11.3. The van der Waals surface area contributed by atoms with Gasteiger partial charge in [0.1, 0.15) is 13.2 Å². The first-order chi connectivity index (χ1) is 32.5. The molecule has 0 amide bonds. The molecule has 0 aliphatic rings. The Morgan fingerprint density at radius 2 is 0.606 bits per heavy atom. The molecular formula is C60H100O6. The molecule has 0 saturated heterocycles. The van der Waals surface area contributed by atoms with E-state index in [1.165, 1.54) is 109 Å². The minimum atomic E-state index is -0.819. The zero-order chi connectivity index (χ0) is 47.9. The highest BCUT2D eigenvalue weighted by atomic mass is 16.6. The first-order valence-electron chi connectivity index (χ1n) is 27.3. The number of hydrogen-bond donors (Lipinski definition) is 0. The second-order valence-corrected chi connectivity index (χ2v) is 17.8. The van der Waals surface area contributed by atoms with Crippen LogP contribution in [-0.4, -0.2) is 37.2 Å². The van der Waals surface area contributed by atoms with E-state index < -0.39 is 6.10 Å². The number of carbonyl (C=O) groups excluding carboxylic acids is 3. The third kappa shape index (κ3) is 51.3. The summed E-state index contributed by atoms with van der Waals surface area (Å²) in [5.74, 6) is -1.01. The van der Waals surface area contributed by atoms with Gasteiger partial charge in [-0.2, -0.15) is 0 Å². The van der Waals surface area contributed by atoms with Gasteiger partial charge in [-0.1, -0.05) is 214 Å². The van der Waals surface area contributed by atoms with Crippen LogP contribution in [0.1, 0.15) is 245 Å². The Balaban J connectivity index is 4.55. The van der Waals surface area contributed by atoms with Crippen LogP contribution in [-0.2, 0) is 28.6 Å². The van der Waals surface area contributed by atoms with Gasteiger partial charge in [0.2, 0.25) is 0 Å². The van der Waals surface area contributed by atoms with Crippen molar-refractivity contribution in [2.75, 3.05) is 13.2 Å². The second-order valence-electron chi connectivity index (χ2n) is 17.8. The van der Waals surface area contributed by atoms with Crippen LogP contribution in [0.3, 0.4) is 0 Å². The van der Waals surface area contributed by atoms with E-state index in [4.69, 9.17) is 14.2 Å². The average molecular weight is 917 g/mol. The number of esters is 3. The molecule has 0 aromatic rings. The summed E-state index contributed by atoms with van der Waals surface area (Å²) in [5.41, 5.74) is 0. The van der Waals surface area contributed by atoms with Crippen LogP contribution in [0.4, 0.5) is 0 Å². The normalized spacial score (nSPS) is 12.8. The molecule has 376 valence electrons. The average Bonchev–Trinajstić information content (AvgIpc) is 3.31. The van der Waals surface area contributed by atoms with Crippen molar-refractivity contribution in [2.24, 2.45) is 0 Å². The van der Waals surface area contributed by atoms with Crippen molar-refractivity contribution in [1.29, 1.82) is 0 Å². The molecule has 0 fully saturated rings. The Kier molecular flexibility index (Phi) is 50.9. The summed E-state index contributed by atoms with van der Waals surface area (Å²) in [6.45, 7) is 6.49. The molecule has 0 saturated carbocycles. The summed E-state index contributed by atoms with van der Waals surface area (Å²) >= 11 is 0. The lowest BCUT2D eigenvalue weighted by Crippen LogP contribution is -2.30. The van der Waals surface area contributed by atoms with E-state index in [9.17, 15) is 14.4 Å².